The van der Waals surface area contributed by atoms with Gasteiger partial charge in [0.25, 0.3) is 6.01 Å². The molecule has 1 saturated carbocycles. The van der Waals surface area contributed by atoms with Gasteiger partial charge in [0.15, 0.2) is 0 Å². The number of rotatable bonds is 10. The first-order valence-electron chi connectivity index (χ1n) is 15.0. The van der Waals surface area contributed by atoms with Crippen molar-refractivity contribution in [2.45, 2.75) is 56.4 Å². The van der Waals surface area contributed by atoms with Gasteiger partial charge in [0.1, 0.15) is 23.2 Å². The summed E-state index contributed by atoms with van der Waals surface area (Å²) in [6.07, 6.45) is 10.9. The van der Waals surface area contributed by atoms with E-state index in [0.717, 1.165) is 53.4 Å². The van der Waals surface area contributed by atoms with Gasteiger partial charge in [0.05, 0.1) is 24.9 Å². The van der Waals surface area contributed by atoms with Crippen LogP contribution >= 0.6 is 0 Å². The zero-order valence-electron chi connectivity index (χ0n) is 25.0. The van der Waals surface area contributed by atoms with Gasteiger partial charge in [-0.2, -0.15) is 10.2 Å². The number of carbonyl (C=O) groups is 1. The lowest BCUT2D eigenvalue weighted by Crippen LogP contribution is -2.55. The highest BCUT2D eigenvalue weighted by Crippen LogP contribution is 2.39. The molecule has 1 aliphatic rings. The topological polar surface area (TPSA) is 129 Å². The maximum Gasteiger partial charge on any atom is 0.295 e. The Morgan fingerprint density at radius 2 is 1.91 bits per heavy atom. The average molecular weight is 589 g/mol. The van der Waals surface area contributed by atoms with Crippen molar-refractivity contribution in [2.75, 3.05) is 19.0 Å². The molecule has 1 fully saturated rings. The number of ether oxygens (including phenoxy) is 1. The molecule has 9 nitrogen and oxygen atoms in total. The molecule has 3 N–H and O–H groups in total. The highest BCUT2D eigenvalue weighted by molar-refractivity contribution is 5.91. The van der Waals surface area contributed by atoms with E-state index in [0.29, 0.717) is 30.0 Å². The first kappa shape index (κ1) is 29.0. The molecule has 0 unspecified atom stereocenters. The van der Waals surface area contributed by atoms with Gasteiger partial charge < -0.3 is 24.8 Å². The number of fused-ring (bicyclic) bond motifs is 1. The minimum Gasteiger partial charge on any atom is -0.495 e. The second kappa shape index (κ2) is 12.3. The van der Waals surface area contributed by atoms with Gasteiger partial charge in [-0.15, -0.1) is 0 Å². The number of carbonyl (C=O) groups excluding carboxylic acids is 1. The standard InChI is InChI=1S/C35H36N6O3/c1-34(18-26-20-37-29-9-5-4-8-28(26)29,41-33-40-30(22-44-33)25-12-10-24(19-36)11-13-25)32(42)39-23-35(16-6-3-7-17-35)31-15-14-27(43-2)21-38-31/h4-5,8-15,20-22,37H,3,6-7,16-18,23H2,1-2H3,(H,39,42)(H,40,41)/t34-/m0/s1. The molecule has 9 heteroatoms. The average Bonchev–Trinajstić information content (AvgIpc) is 3.71. The van der Waals surface area contributed by atoms with Crippen molar-refractivity contribution < 1.29 is 13.9 Å². The second-order valence-electron chi connectivity index (χ2n) is 11.8. The van der Waals surface area contributed by atoms with Gasteiger partial charge in [0.2, 0.25) is 5.91 Å². The summed E-state index contributed by atoms with van der Waals surface area (Å²) in [6.45, 7) is 2.35. The van der Waals surface area contributed by atoms with Crippen molar-refractivity contribution in [2.24, 2.45) is 0 Å². The van der Waals surface area contributed by atoms with Crippen LogP contribution in [0.15, 0.2) is 83.7 Å². The maximum atomic E-state index is 14.3. The number of hydrogen-bond acceptors (Lipinski definition) is 7. The van der Waals surface area contributed by atoms with E-state index < -0.39 is 5.54 Å². The van der Waals surface area contributed by atoms with E-state index >= 15 is 0 Å². The van der Waals surface area contributed by atoms with Crippen LogP contribution in [0.3, 0.4) is 0 Å². The van der Waals surface area contributed by atoms with Crippen LogP contribution in [0.1, 0.15) is 55.8 Å². The van der Waals surface area contributed by atoms with Gasteiger partial charge in [-0.1, -0.05) is 49.6 Å². The number of hydrogen-bond donors (Lipinski definition) is 3. The zero-order chi connectivity index (χ0) is 30.6. The van der Waals surface area contributed by atoms with Crippen molar-refractivity contribution in [1.82, 2.24) is 20.3 Å². The van der Waals surface area contributed by atoms with Crippen LogP contribution in [0.2, 0.25) is 0 Å². The maximum absolute atomic E-state index is 14.3. The number of benzene rings is 2. The summed E-state index contributed by atoms with van der Waals surface area (Å²) < 4.78 is 11.2. The number of nitrogens with one attached hydrogen (secondary N) is 3. The van der Waals surface area contributed by atoms with Crippen LogP contribution in [0.5, 0.6) is 5.75 Å². The first-order chi connectivity index (χ1) is 21.4. The van der Waals surface area contributed by atoms with Gasteiger partial charge in [-0.05, 0) is 55.7 Å². The van der Waals surface area contributed by atoms with Crippen LogP contribution in [0.4, 0.5) is 6.01 Å². The fraction of sp³-hybridized carbons (Fsp3) is 0.314. The fourth-order valence-corrected chi connectivity index (χ4v) is 6.27. The molecule has 0 spiro atoms. The quantitative estimate of drug-likeness (QED) is 0.169. The Morgan fingerprint density at radius 3 is 2.64 bits per heavy atom. The van der Waals surface area contributed by atoms with E-state index in [4.69, 9.17) is 19.4 Å². The monoisotopic (exact) mass is 588 g/mol. The lowest BCUT2D eigenvalue weighted by atomic mass is 9.71. The fourth-order valence-electron chi connectivity index (χ4n) is 6.27. The number of nitrogens with zero attached hydrogens (tertiary/aromatic N) is 3. The summed E-state index contributed by atoms with van der Waals surface area (Å²) >= 11 is 0. The molecular weight excluding hydrogens is 552 g/mol. The Labute approximate surface area is 256 Å². The van der Waals surface area contributed by atoms with Crippen LogP contribution < -0.4 is 15.4 Å². The lowest BCUT2D eigenvalue weighted by Gasteiger charge is -2.38. The van der Waals surface area contributed by atoms with E-state index in [9.17, 15) is 4.79 Å². The molecule has 44 heavy (non-hydrogen) atoms. The molecule has 0 bridgehead atoms. The highest BCUT2D eigenvalue weighted by atomic mass is 16.5. The Bertz CT molecular complexity index is 1780. The van der Waals surface area contributed by atoms with Crippen molar-refractivity contribution in [3.05, 3.63) is 96.1 Å². The summed E-state index contributed by atoms with van der Waals surface area (Å²) in [5.41, 5.74) is 3.64. The molecule has 0 aliphatic heterocycles. The first-order valence-corrected chi connectivity index (χ1v) is 15.0. The molecule has 0 saturated heterocycles. The van der Waals surface area contributed by atoms with Gasteiger partial charge in [0, 0.05) is 46.7 Å². The largest absolute Gasteiger partial charge is 0.495 e. The second-order valence-corrected chi connectivity index (χ2v) is 11.8. The smallest absolute Gasteiger partial charge is 0.295 e. The molecular formula is C35H36N6O3. The zero-order valence-corrected chi connectivity index (χ0v) is 25.0. The molecule has 5 aromatic rings. The van der Waals surface area contributed by atoms with Crippen molar-refractivity contribution >= 4 is 22.8 Å². The summed E-state index contributed by atoms with van der Waals surface area (Å²) in [6, 6.07) is 21.5. The number of pyridine rings is 1. The number of amides is 1. The van der Waals surface area contributed by atoms with Crippen LogP contribution in [0, 0.1) is 11.3 Å². The molecule has 224 valence electrons. The molecule has 3 aromatic heterocycles. The number of anilines is 1. The van der Waals surface area contributed by atoms with E-state index in [1.54, 1.807) is 31.7 Å². The van der Waals surface area contributed by atoms with E-state index in [1.165, 1.54) is 6.42 Å². The molecule has 1 atom stereocenters. The SMILES string of the molecule is COc1ccc(C2(CNC(=O)[C@](C)(Cc3c[nH]c4ccccc34)Nc3nc(-c4ccc(C#N)cc4)co3)CCCCC2)nc1. The van der Waals surface area contributed by atoms with Gasteiger partial charge in [-0.3, -0.25) is 9.78 Å². The molecule has 1 amide bonds. The third-order valence-corrected chi connectivity index (χ3v) is 8.83. The Kier molecular flexibility index (Phi) is 8.07. The Morgan fingerprint density at radius 1 is 1.11 bits per heavy atom. The number of nitriles is 1. The van der Waals surface area contributed by atoms with E-state index in [-0.39, 0.29) is 17.3 Å². The minimum absolute atomic E-state index is 0.153. The summed E-state index contributed by atoms with van der Waals surface area (Å²) in [5.74, 6) is 0.560. The third-order valence-electron chi connectivity index (χ3n) is 8.83. The number of aromatic amines is 1. The Balaban J connectivity index is 1.28. The van der Waals surface area contributed by atoms with Crippen molar-refractivity contribution in [3.8, 4) is 23.1 Å². The van der Waals surface area contributed by atoms with Crippen molar-refractivity contribution in [1.29, 1.82) is 5.26 Å². The predicted octanol–water partition coefficient (Wildman–Crippen LogP) is 6.53. The molecule has 6 rings (SSSR count). The third kappa shape index (κ3) is 5.88. The number of methoxy groups -OCH3 is 1. The van der Waals surface area contributed by atoms with Gasteiger partial charge in [-0.25, -0.2) is 0 Å². The Hall–Kier alpha value is -5.10. The summed E-state index contributed by atoms with van der Waals surface area (Å²) in [5, 5.41) is 16.8. The normalized spacial score (nSPS) is 15.7. The number of H-pyrrole nitrogens is 1. The molecule has 3 heterocycles. The number of oxazole rings is 1. The van der Waals surface area contributed by atoms with Crippen LogP contribution in [0.25, 0.3) is 22.2 Å². The number of para-hydroxylation sites is 1. The number of aromatic nitrogens is 3. The minimum atomic E-state index is -1.10. The van der Waals surface area contributed by atoms with Crippen LogP contribution in [-0.2, 0) is 16.6 Å². The van der Waals surface area contributed by atoms with Crippen molar-refractivity contribution in [3.63, 3.8) is 0 Å². The predicted molar refractivity (Wildman–Crippen MR) is 169 cm³/mol. The van der Waals surface area contributed by atoms with Crippen LogP contribution in [-0.4, -0.2) is 40.1 Å². The molecule has 2 aromatic carbocycles. The lowest BCUT2D eigenvalue weighted by molar-refractivity contribution is -0.125. The highest BCUT2D eigenvalue weighted by Gasteiger charge is 2.40. The van der Waals surface area contributed by atoms with E-state index in [1.807, 2.05) is 55.6 Å². The van der Waals surface area contributed by atoms with E-state index in [2.05, 4.69) is 32.7 Å². The molecule has 0 radical (unpaired) electrons. The summed E-state index contributed by atoms with van der Waals surface area (Å²) in [4.78, 5) is 27.0. The van der Waals surface area contributed by atoms with Gasteiger partial charge >= 0.3 is 0 Å². The molecule has 1 aliphatic carbocycles. The summed E-state index contributed by atoms with van der Waals surface area (Å²) in [7, 11) is 1.63.